The molecule has 78 valence electrons. The third-order valence-corrected chi connectivity index (χ3v) is 2.40. The lowest BCUT2D eigenvalue weighted by Crippen LogP contribution is -2.36. The van der Waals surface area contributed by atoms with Gasteiger partial charge >= 0.3 is 0 Å². The first kappa shape index (κ1) is 10.8. The zero-order valence-corrected chi connectivity index (χ0v) is 8.64. The summed E-state index contributed by atoms with van der Waals surface area (Å²) in [4.78, 5) is 10.3. The minimum absolute atomic E-state index is 0.117. The van der Waals surface area contributed by atoms with Gasteiger partial charge in [0.15, 0.2) is 6.29 Å². The molecule has 5 nitrogen and oxygen atoms in total. The summed E-state index contributed by atoms with van der Waals surface area (Å²) in [6, 6.07) is 0. The van der Waals surface area contributed by atoms with Crippen molar-refractivity contribution in [2.45, 2.75) is 32.9 Å². The molecule has 1 atom stereocenters. The van der Waals surface area contributed by atoms with E-state index >= 15 is 0 Å². The van der Waals surface area contributed by atoms with Gasteiger partial charge in [-0.15, -0.1) is 5.10 Å². The number of rotatable bonds is 4. The lowest BCUT2D eigenvalue weighted by molar-refractivity contribution is -0.00611. The number of aromatic nitrogens is 3. The van der Waals surface area contributed by atoms with Crippen LogP contribution in [0.3, 0.4) is 0 Å². The lowest BCUT2D eigenvalue weighted by Gasteiger charge is -2.26. The molecule has 0 amide bonds. The first-order valence-corrected chi connectivity index (χ1v) is 4.53. The Morgan fingerprint density at radius 1 is 1.71 bits per heavy atom. The quantitative estimate of drug-likeness (QED) is 0.713. The Morgan fingerprint density at radius 2 is 2.36 bits per heavy atom. The predicted molar refractivity (Wildman–Crippen MR) is 50.9 cm³/mol. The van der Waals surface area contributed by atoms with E-state index in [2.05, 4.69) is 10.3 Å². The van der Waals surface area contributed by atoms with Crippen LogP contribution in [0.5, 0.6) is 0 Å². The molecule has 0 radical (unpaired) electrons. The summed E-state index contributed by atoms with van der Waals surface area (Å²) in [5.41, 5.74) is -0.557. The highest BCUT2D eigenvalue weighted by Gasteiger charge is 2.25. The maximum Gasteiger partial charge on any atom is 0.171 e. The predicted octanol–water partition coefficient (Wildman–Crippen LogP) is 0.498. The minimum Gasteiger partial charge on any atom is -0.388 e. The van der Waals surface area contributed by atoms with Crippen molar-refractivity contribution in [2.75, 3.05) is 0 Å². The third-order valence-electron chi connectivity index (χ3n) is 2.40. The van der Waals surface area contributed by atoms with Crippen molar-refractivity contribution < 1.29 is 9.90 Å². The fourth-order valence-corrected chi connectivity index (χ4v) is 0.955. The van der Waals surface area contributed by atoms with Crippen molar-refractivity contribution in [1.29, 1.82) is 0 Å². The van der Waals surface area contributed by atoms with Gasteiger partial charge in [-0.1, -0.05) is 19.1 Å². The van der Waals surface area contributed by atoms with Gasteiger partial charge in [-0.25, -0.2) is 4.68 Å². The smallest absolute Gasteiger partial charge is 0.171 e. The van der Waals surface area contributed by atoms with Gasteiger partial charge in [0.1, 0.15) is 5.69 Å². The van der Waals surface area contributed by atoms with Crippen molar-refractivity contribution in [3.8, 4) is 0 Å². The molecule has 5 heteroatoms. The second kappa shape index (κ2) is 3.88. The molecule has 0 fully saturated rings. The number of carbonyl (C=O) groups excluding carboxylic acids is 1. The Hall–Kier alpha value is -1.23. The molecule has 1 rings (SSSR count). The number of nitrogens with zero attached hydrogens (tertiary/aromatic N) is 3. The van der Waals surface area contributed by atoms with E-state index in [9.17, 15) is 9.90 Å². The fourth-order valence-electron chi connectivity index (χ4n) is 0.955. The van der Waals surface area contributed by atoms with Crippen molar-refractivity contribution in [1.82, 2.24) is 15.0 Å². The van der Waals surface area contributed by atoms with Crippen LogP contribution >= 0.6 is 0 Å². The van der Waals surface area contributed by atoms with Gasteiger partial charge in [0.05, 0.1) is 18.3 Å². The van der Waals surface area contributed by atoms with Gasteiger partial charge in [-0.05, 0) is 12.8 Å². The van der Waals surface area contributed by atoms with E-state index in [4.69, 9.17) is 0 Å². The third kappa shape index (κ3) is 2.38. The Balaban J connectivity index is 2.73. The number of hydrogen-bond donors (Lipinski definition) is 1. The van der Waals surface area contributed by atoms with E-state index in [1.54, 1.807) is 6.92 Å². The highest BCUT2D eigenvalue weighted by Crippen LogP contribution is 2.17. The highest BCUT2D eigenvalue weighted by atomic mass is 16.3. The molecule has 1 aromatic rings. The SMILES string of the molecule is CC(C)C(C)(O)Cn1cc(C=O)nn1. The van der Waals surface area contributed by atoms with E-state index in [1.165, 1.54) is 10.9 Å². The van der Waals surface area contributed by atoms with E-state index < -0.39 is 5.60 Å². The van der Waals surface area contributed by atoms with Crippen LogP contribution < -0.4 is 0 Å². The molecule has 1 N–H and O–H groups in total. The molecule has 0 saturated carbocycles. The summed E-state index contributed by atoms with van der Waals surface area (Å²) < 4.78 is 1.48. The Labute approximate surface area is 82.7 Å². The molecule has 0 aliphatic rings. The Morgan fingerprint density at radius 3 is 2.79 bits per heavy atom. The lowest BCUT2D eigenvalue weighted by atomic mass is 9.93. The second-order valence-corrected chi connectivity index (χ2v) is 3.97. The van der Waals surface area contributed by atoms with E-state index in [1.807, 2.05) is 13.8 Å². The van der Waals surface area contributed by atoms with E-state index in [-0.39, 0.29) is 11.6 Å². The zero-order valence-electron chi connectivity index (χ0n) is 8.64. The van der Waals surface area contributed by atoms with Crippen LogP contribution in [0.4, 0.5) is 0 Å². The van der Waals surface area contributed by atoms with Crippen molar-refractivity contribution in [2.24, 2.45) is 5.92 Å². The number of aldehydes is 1. The van der Waals surface area contributed by atoms with E-state index in [0.717, 1.165) is 0 Å². The van der Waals surface area contributed by atoms with Crippen LogP contribution in [-0.4, -0.2) is 32.0 Å². The molecule has 1 unspecified atom stereocenters. The molecule has 1 heterocycles. The average Bonchev–Trinajstić information content (AvgIpc) is 2.51. The maximum atomic E-state index is 10.3. The van der Waals surface area contributed by atoms with Crippen molar-refractivity contribution in [3.63, 3.8) is 0 Å². The summed E-state index contributed by atoms with van der Waals surface area (Å²) in [5, 5.41) is 17.3. The summed E-state index contributed by atoms with van der Waals surface area (Å²) >= 11 is 0. The zero-order chi connectivity index (χ0) is 10.8. The average molecular weight is 197 g/mol. The van der Waals surface area contributed by atoms with Crippen LogP contribution in [0.2, 0.25) is 0 Å². The number of hydrogen-bond acceptors (Lipinski definition) is 4. The first-order chi connectivity index (χ1) is 6.45. The first-order valence-electron chi connectivity index (χ1n) is 4.53. The fraction of sp³-hybridized carbons (Fsp3) is 0.667. The van der Waals surface area contributed by atoms with Crippen molar-refractivity contribution >= 4 is 6.29 Å². The molecule has 0 aliphatic carbocycles. The number of aliphatic hydroxyl groups is 1. The van der Waals surface area contributed by atoms with Crippen LogP contribution in [0.25, 0.3) is 0 Å². The van der Waals surface area contributed by atoms with Crippen LogP contribution in [0, 0.1) is 5.92 Å². The molecule has 0 aromatic carbocycles. The molecule has 0 spiro atoms. The van der Waals surface area contributed by atoms with Gasteiger partial charge in [0.2, 0.25) is 0 Å². The molecule has 0 bridgehead atoms. The molecule has 0 saturated heterocycles. The molecule has 1 aromatic heterocycles. The molecule has 0 aliphatic heterocycles. The van der Waals surface area contributed by atoms with Gasteiger partial charge < -0.3 is 5.11 Å². The summed E-state index contributed by atoms with van der Waals surface area (Å²) in [5.74, 6) is 0.117. The van der Waals surface area contributed by atoms with Gasteiger partial charge in [-0.2, -0.15) is 0 Å². The number of carbonyl (C=O) groups is 1. The van der Waals surface area contributed by atoms with Crippen molar-refractivity contribution in [3.05, 3.63) is 11.9 Å². The van der Waals surface area contributed by atoms with Crippen LogP contribution in [0.1, 0.15) is 31.3 Å². The molecular weight excluding hydrogens is 182 g/mol. The second-order valence-electron chi connectivity index (χ2n) is 3.97. The molecular formula is C9H15N3O2. The summed E-state index contributed by atoms with van der Waals surface area (Å²) in [6.45, 7) is 5.93. The maximum absolute atomic E-state index is 10.3. The minimum atomic E-state index is -0.839. The highest BCUT2D eigenvalue weighted by molar-refractivity contribution is 5.70. The Kier molecular flexibility index (Phi) is 3.00. The van der Waals surface area contributed by atoms with Crippen LogP contribution in [0.15, 0.2) is 6.20 Å². The standard InChI is InChI=1S/C9H15N3O2/c1-7(2)9(3,14)6-12-4-8(5-13)10-11-12/h4-5,7,14H,6H2,1-3H3. The molecule has 14 heavy (non-hydrogen) atoms. The van der Waals surface area contributed by atoms with Crippen LogP contribution in [-0.2, 0) is 6.54 Å². The normalized spacial score (nSPS) is 15.5. The summed E-state index contributed by atoms with van der Waals surface area (Å²) in [7, 11) is 0. The van der Waals surface area contributed by atoms with Gasteiger partial charge in [-0.3, -0.25) is 4.79 Å². The van der Waals surface area contributed by atoms with Gasteiger partial charge in [0.25, 0.3) is 0 Å². The van der Waals surface area contributed by atoms with E-state index in [0.29, 0.717) is 12.8 Å². The summed E-state index contributed by atoms with van der Waals surface area (Å²) in [6.07, 6.45) is 2.15. The largest absolute Gasteiger partial charge is 0.388 e. The topological polar surface area (TPSA) is 68.0 Å². The monoisotopic (exact) mass is 197 g/mol. The Bertz CT molecular complexity index is 318. The van der Waals surface area contributed by atoms with Gasteiger partial charge in [0, 0.05) is 0 Å².